The van der Waals surface area contributed by atoms with E-state index in [1.54, 1.807) is 6.92 Å². The molecule has 1 aliphatic carbocycles. The van der Waals surface area contributed by atoms with Crippen molar-refractivity contribution in [1.82, 2.24) is 10.2 Å². The smallest absolute Gasteiger partial charge is 0.216 e. The van der Waals surface area contributed by atoms with Gasteiger partial charge in [0.05, 0.1) is 0 Å². The van der Waals surface area contributed by atoms with Crippen LogP contribution in [-0.4, -0.2) is 37.0 Å². The first-order valence-electron chi connectivity index (χ1n) is 10.00. The highest BCUT2D eigenvalue weighted by Gasteiger charge is 2.44. The van der Waals surface area contributed by atoms with E-state index in [0.717, 1.165) is 19.5 Å². The molecule has 1 saturated heterocycles. The minimum absolute atomic E-state index is 0.0957. The van der Waals surface area contributed by atoms with Crippen molar-refractivity contribution in [3.8, 4) is 0 Å². The van der Waals surface area contributed by atoms with Crippen molar-refractivity contribution >= 4 is 5.91 Å². The highest BCUT2D eigenvalue weighted by Crippen LogP contribution is 2.53. The summed E-state index contributed by atoms with van der Waals surface area (Å²) < 4.78 is 0. The molecule has 1 heterocycles. The molecule has 1 N–H and O–H groups in total. The molecule has 3 heteroatoms. The lowest BCUT2D eigenvalue weighted by Gasteiger charge is -2.45. The van der Waals surface area contributed by atoms with Crippen LogP contribution in [0.4, 0.5) is 0 Å². The molecule has 2 fully saturated rings. The first-order valence-corrected chi connectivity index (χ1v) is 10.00. The van der Waals surface area contributed by atoms with Crippen LogP contribution >= 0.6 is 0 Å². The summed E-state index contributed by atoms with van der Waals surface area (Å²) in [5, 5.41) is 2.91. The third kappa shape index (κ3) is 5.20. The molecule has 1 spiro atoms. The molecule has 1 saturated carbocycles. The zero-order valence-electron chi connectivity index (χ0n) is 15.8. The maximum absolute atomic E-state index is 10.9. The lowest BCUT2D eigenvalue weighted by Crippen LogP contribution is -2.37. The maximum Gasteiger partial charge on any atom is 0.216 e. The van der Waals surface area contributed by atoms with Crippen LogP contribution in [0, 0.1) is 10.8 Å². The van der Waals surface area contributed by atoms with Crippen molar-refractivity contribution in [1.29, 1.82) is 0 Å². The number of hydrogen-bond donors (Lipinski definition) is 1. The predicted molar refractivity (Wildman–Crippen MR) is 97.5 cm³/mol. The molecular weight excluding hydrogens is 284 g/mol. The molecule has 134 valence electrons. The van der Waals surface area contributed by atoms with Gasteiger partial charge in [-0.05, 0) is 75.3 Å². The molecule has 0 aromatic heterocycles. The summed E-state index contributed by atoms with van der Waals surface area (Å²) in [6.45, 7) is 10.9. The van der Waals surface area contributed by atoms with E-state index < -0.39 is 0 Å². The Labute approximate surface area is 143 Å². The fourth-order valence-electron chi connectivity index (χ4n) is 5.19. The second-order valence-electron chi connectivity index (χ2n) is 8.36. The van der Waals surface area contributed by atoms with Crippen LogP contribution in [0.1, 0.15) is 85.0 Å². The van der Waals surface area contributed by atoms with Crippen LogP contribution in [-0.2, 0) is 4.79 Å². The Morgan fingerprint density at radius 1 is 1.04 bits per heavy atom. The highest BCUT2D eigenvalue weighted by molar-refractivity contribution is 5.72. The molecule has 23 heavy (non-hydrogen) atoms. The van der Waals surface area contributed by atoms with Crippen LogP contribution < -0.4 is 5.32 Å². The Balaban J connectivity index is 1.76. The average Bonchev–Trinajstić information content (AvgIpc) is 2.91. The van der Waals surface area contributed by atoms with Gasteiger partial charge in [-0.25, -0.2) is 0 Å². The lowest BCUT2D eigenvalue weighted by molar-refractivity contribution is -0.118. The molecular formula is C20H38N2O. The molecule has 1 aliphatic heterocycles. The molecule has 1 amide bonds. The minimum atomic E-state index is 0.0957. The Hall–Kier alpha value is -0.570. The molecule has 0 aromatic carbocycles. The number of carbonyl (C=O) groups is 1. The van der Waals surface area contributed by atoms with Crippen LogP contribution in [0.5, 0.6) is 0 Å². The van der Waals surface area contributed by atoms with Crippen molar-refractivity contribution in [2.75, 3.05) is 26.2 Å². The summed E-state index contributed by atoms with van der Waals surface area (Å²) >= 11 is 0. The molecule has 0 bridgehead atoms. The number of carbonyl (C=O) groups excluding carboxylic acids is 1. The summed E-state index contributed by atoms with van der Waals surface area (Å²) in [4.78, 5) is 13.6. The van der Waals surface area contributed by atoms with Crippen molar-refractivity contribution in [3.63, 3.8) is 0 Å². The Morgan fingerprint density at radius 3 is 2.26 bits per heavy atom. The summed E-state index contributed by atoms with van der Waals surface area (Å²) in [6, 6.07) is 0. The molecule has 0 atom stereocenters. The van der Waals surface area contributed by atoms with Crippen molar-refractivity contribution < 1.29 is 4.79 Å². The van der Waals surface area contributed by atoms with Gasteiger partial charge in [0.15, 0.2) is 0 Å². The summed E-state index contributed by atoms with van der Waals surface area (Å²) in [5.41, 5.74) is 1.30. The first kappa shape index (κ1) is 18.8. The monoisotopic (exact) mass is 322 g/mol. The number of amides is 1. The van der Waals surface area contributed by atoms with E-state index in [0.29, 0.717) is 10.8 Å². The van der Waals surface area contributed by atoms with Gasteiger partial charge in [-0.15, -0.1) is 0 Å². The van der Waals surface area contributed by atoms with Gasteiger partial charge in [0.25, 0.3) is 0 Å². The molecule has 2 aliphatic rings. The normalized spacial score (nSPS) is 23.3. The van der Waals surface area contributed by atoms with Crippen molar-refractivity contribution in [2.24, 2.45) is 10.8 Å². The Bertz CT molecular complexity index is 364. The SMILES string of the molecule is CCCC1(CCC)CCC2(CCN(CCCNC(C)=O)C2)CC1. The summed E-state index contributed by atoms with van der Waals surface area (Å²) in [6.07, 6.45) is 13.9. The van der Waals surface area contributed by atoms with E-state index in [1.165, 1.54) is 70.9 Å². The quantitative estimate of drug-likeness (QED) is 0.673. The van der Waals surface area contributed by atoms with E-state index >= 15 is 0 Å². The number of likely N-dealkylation sites (tertiary alicyclic amines) is 1. The summed E-state index contributed by atoms with van der Waals surface area (Å²) in [5.74, 6) is 0.0957. The lowest BCUT2D eigenvalue weighted by atomic mass is 9.60. The van der Waals surface area contributed by atoms with Gasteiger partial charge in [0.1, 0.15) is 0 Å². The zero-order valence-corrected chi connectivity index (χ0v) is 15.8. The molecule has 3 nitrogen and oxygen atoms in total. The standard InChI is InChI=1S/C20H38N2O/c1-4-7-19(8-5-2)9-11-20(12-10-19)13-16-22(17-20)15-6-14-21-18(3)23/h4-17H2,1-3H3,(H,21,23). The van der Waals surface area contributed by atoms with Gasteiger partial charge >= 0.3 is 0 Å². The zero-order chi connectivity index (χ0) is 16.8. The highest BCUT2D eigenvalue weighted by atomic mass is 16.1. The van der Waals surface area contributed by atoms with Crippen molar-refractivity contribution in [2.45, 2.75) is 85.0 Å². The third-order valence-corrected chi connectivity index (χ3v) is 6.47. The van der Waals surface area contributed by atoms with Gasteiger partial charge in [0.2, 0.25) is 5.91 Å². The Morgan fingerprint density at radius 2 is 1.70 bits per heavy atom. The van der Waals surface area contributed by atoms with Crippen LogP contribution in [0.3, 0.4) is 0 Å². The Kier molecular flexibility index (Phi) is 6.94. The number of rotatable bonds is 8. The fraction of sp³-hybridized carbons (Fsp3) is 0.950. The number of hydrogen-bond acceptors (Lipinski definition) is 2. The van der Waals surface area contributed by atoms with E-state index in [2.05, 4.69) is 24.1 Å². The van der Waals surface area contributed by atoms with Gasteiger partial charge in [-0.2, -0.15) is 0 Å². The number of nitrogens with one attached hydrogen (secondary N) is 1. The number of nitrogens with zero attached hydrogens (tertiary/aromatic N) is 1. The molecule has 2 rings (SSSR count). The molecule has 0 aromatic rings. The molecule has 0 unspecified atom stereocenters. The van der Waals surface area contributed by atoms with E-state index in [9.17, 15) is 4.79 Å². The minimum Gasteiger partial charge on any atom is -0.356 e. The van der Waals surface area contributed by atoms with Crippen LogP contribution in [0.15, 0.2) is 0 Å². The van der Waals surface area contributed by atoms with Crippen molar-refractivity contribution in [3.05, 3.63) is 0 Å². The van der Waals surface area contributed by atoms with Gasteiger partial charge in [-0.3, -0.25) is 4.79 Å². The van der Waals surface area contributed by atoms with E-state index in [4.69, 9.17) is 0 Å². The van der Waals surface area contributed by atoms with Gasteiger partial charge in [0, 0.05) is 20.0 Å². The topological polar surface area (TPSA) is 32.3 Å². The second kappa shape index (κ2) is 8.50. The predicted octanol–water partition coefficient (Wildman–Crippen LogP) is 4.37. The largest absolute Gasteiger partial charge is 0.356 e. The van der Waals surface area contributed by atoms with Crippen LogP contribution in [0.25, 0.3) is 0 Å². The van der Waals surface area contributed by atoms with Gasteiger partial charge in [-0.1, -0.05) is 26.7 Å². The maximum atomic E-state index is 10.9. The first-order chi connectivity index (χ1) is 11.0. The average molecular weight is 323 g/mol. The second-order valence-corrected chi connectivity index (χ2v) is 8.36. The molecule has 0 radical (unpaired) electrons. The van der Waals surface area contributed by atoms with Crippen LogP contribution in [0.2, 0.25) is 0 Å². The third-order valence-electron chi connectivity index (χ3n) is 6.47. The van der Waals surface area contributed by atoms with E-state index in [-0.39, 0.29) is 5.91 Å². The van der Waals surface area contributed by atoms with E-state index in [1.807, 2.05) is 0 Å². The fourth-order valence-corrected chi connectivity index (χ4v) is 5.19. The summed E-state index contributed by atoms with van der Waals surface area (Å²) in [7, 11) is 0. The van der Waals surface area contributed by atoms with Gasteiger partial charge < -0.3 is 10.2 Å².